The van der Waals surface area contributed by atoms with E-state index in [-0.39, 0.29) is 64.7 Å². The summed E-state index contributed by atoms with van der Waals surface area (Å²) in [6.45, 7) is 0. The molecular weight excluding hydrogens is 542 g/mol. The first-order valence-corrected chi connectivity index (χ1v) is 13.7. The molecule has 0 spiro atoms. The number of benzene rings is 4. The number of hydrogen-bond donors (Lipinski definition) is 0. The second-order valence-corrected chi connectivity index (χ2v) is 10.6. The van der Waals surface area contributed by atoms with E-state index >= 15 is 0 Å². The fourth-order valence-corrected chi connectivity index (χ4v) is 5.97. The Morgan fingerprint density at radius 1 is 0.500 bits per heavy atom. The van der Waals surface area contributed by atoms with E-state index in [0.717, 1.165) is 12.5 Å². The molecule has 0 aromatic heterocycles. The monoisotopic (exact) mass is 564 g/mol. The van der Waals surface area contributed by atoms with Crippen LogP contribution in [-0.2, 0) is 28.6 Å². The molecule has 184 valence electrons. The van der Waals surface area contributed by atoms with E-state index in [0.29, 0.717) is 16.7 Å². The molecule has 0 amide bonds. The smallest absolute Gasteiger partial charge is 0.340 e. The van der Waals surface area contributed by atoms with Gasteiger partial charge in [0.1, 0.15) is 22.3 Å². The van der Waals surface area contributed by atoms with Crippen LogP contribution in [0.1, 0.15) is 11.1 Å². The predicted octanol–water partition coefficient (Wildman–Crippen LogP) is 5.34. The zero-order valence-electron chi connectivity index (χ0n) is 21.0. The Bertz CT molecular complexity index is 1590. The third-order valence-electron chi connectivity index (χ3n) is 5.07. The van der Waals surface area contributed by atoms with Gasteiger partial charge in [0, 0.05) is 64.7 Å². The molecule has 4 aromatic rings. The van der Waals surface area contributed by atoms with Crippen LogP contribution in [0.3, 0.4) is 0 Å². The molecule has 10 heteroatoms. The van der Waals surface area contributed by atoms with Gasteiger partial charge in [-0.2, -0.15) is 16.8 Å². The van der Waals surface area contributed by atoms with Gasteiger partial charge in [-0.25, -0.2) is 0 Å². The van der Waals surface area contributed by atoms with Crippen molar-refractivity contribution in [3.63, 3.8) is 0 Å². The van der Waals surface area contributed by atoms with Crippen molar-refractivity contribution in [2.75, 3.05) is 0 Å². The van der Waals surface area contributed by atoms with Crippen molar-refractivity contribution < 1.29 is 25.2 Å². The van der Waals surface area contributed by atoms with Crippen molar-refractivity contribution >= 4 is 91.5 Å². The fraction of sp³-hybridized carbons (Fsp3) is 0. The first-order chi connectivity index (χ1) is 17.4. The van der Waals surface area contributed by atoms with Crippen LogP contribution in [-0.4, -0.2) is 76.0 Å². The van der Waals surface area contributed by atoms with Gasteiger partial charge in [-0.15, -0.1) is 0 Å². The van der Waals surface area contributed by atoms with Gasteiger partial charge >= 0.3 is 20.2 Å². The molecule has 0 saturated heterocycles. The first kappa shape index (κ1) is 32.1. The summed E-state index contributed by atoms with van der Waals surface area (Å²) in [6.07, 6.45) is 4.95. The molecule has 0 aliphatic heterocycles. The maximum atomic E-state index is 13.4. The standard InChI is InChI=1S/C28H22O6S2.2Na/c29-35(30,33-21-19-23-11-4-1-5-12-23)27-18-10-17-26(25-15-8-3-9-16-25)28(27)36(31,32)34-22-20-24-13-6-2-7-14-24;;/h1-22H;;. The van der Waals surface area contributed by atoms with Gasteiger partial charge in [-0.1, -0.05) is 103 Å². The van der Waals surface area contributed by atoms with Gasteiger partial charge in [0.2, 0.25) is 0 Å². The summed E-state index contributed by atoms with van der Waals surface area (Å²) in [5.41, 5.74) is 2.10. The first-order valence-electron chi connectivity index (χ1n) is 10.8. The summed E-state index contributed by atoms with van der Waals surface area (Å²) in [5, 5.41) is 0. The third kappa shape index (κ3) is 8.43. The van der Waals surface area contributed by atoms with Gasteiger partial charge < -0.3 is 8.37 Å². The van der Waals surface area contributed by atoms with Crippen molar-refractivity contribution in [1.82, 2.24) is 0 Å². The summed E-state index contributed by atoms with van der Waals surface area (Å²) in [6, 6.07) is 30.6. The number of rotatable bonds is 9. The number of hydrogen-bond acceptors (Lipinski definition) is 6. The SMILES string of the molecule is O=S(=O)(OC=Cc1ccccc1)c1cccc(-c2ccccc2)c1S(=O)(=O)OC=Cc1ccccc1.[Na].[Na]. The van der Waals surface area contributed by atoms with Gasteiger partial charge in [-0.3, -0.25) is 0 Å². The molecule has 0 atom stereocenters. The van der Waals surface area contributed by atoms with E-state index < -0.39 is 30.0 Å². The molecule has 0 saturated carbocycles. The van der Waals surface area contributed by atoms with Gasteiger partial charge in [0.05, 0.1) is 0 Å². The topological polar surface area (TPSA) is 86.7 Å². The van der Waals surface area contributed by atoms with Crippen LogP contribution in [0.25, 0.3) is 23.3 Å². The zero-order chi connectivity index (χ0) is 25.4. The van der Waals surface area contributed by atoms with Crippen LogP contribution in [0.5, 0.6) is 0 Å². The Morgan fingerprint density at radius 2 is 0.947 bits per heavy atom. The third-order valence-corrected chi connectivity index (χ3v) is 7.74. The molecule has 38 heavy (non-hydrogen) atoms. The molecule has 4 aromatic carbocycles. The molecule has 0 bridgehead atoms. The average molecular weight is 565 g/mol. The van der Waals surface area contributed by atoms with E-state index in [4.69, 9.17) is 8.37 Å². The molecule has 2 radical (unpaired) electrons. The second-order valence-electron chi connectivity index (χ2n) is 7.53. The molecule has 0 unspecified atom stereocenters. The molecule has 0 N–H and O–H groups in total. The molecular formula is C28H22Na2O6S2. The van der Waals surface area contributed by atoms with Crippen LogP contribution >= 0.6 is 0 Å². The van der Waals surface area contributed by atoms with Crippen molar-refractivity contribution in [3.05, 3.63) is 133 Å². The van der Waals surface area contributed by atoms with Gasteiger partial charge in [0.25, 0.3) is 0 Å². The maximum absolute atomic E-state index is 13.4. The van der Waals surface area contributed by atoms with E-state index in [1.165, 1.54) is 30.4 Å². The maximum Gasteiger partial charge on any atom is 0.340 e. The average Bonchev–Trinajstić information content (AvgIpc) is 2.90. The summed E-state index contributed by atoms with van der Waals surface area (Å²) < 4.78 is 63.3. The van der Waals surface area contributed by atoms with Crippen LogP contribution in [0.2, 0.25) is 0 Å². The molecule has 0 fully saturated rings. The Hall–Kier alpha value is -2.14. The van der Waals surface area contributed by atoms with Crippen LogP contribution in [0.15, 0.2) is 132 Å². The minimum atomic E-state index is -4.57. The predicted molar refractivity (Wildman–Crippen MR) is 151 cm³/mol. The summed E-state index contributed by atoms with van der Waals surface area (Å²) in [4.78, 5) is -1.04. The normalized spacial score (nSPS) is 11.5. The quantitative estimate of drug-likeness (QED) is 0.155. The Morgan fingerprint density at radius 3 is 1.45 bits per heavy atom. The Balaban J connectivity index is 0.00000253. The summed E-state index contributed by atoms with van der Waals surface area (Å²) in [5.74, 6) is 0. The molecule has 0 aliphatic carbocycles. The van der Waals surface area contributed by atoms with Gasteiger partial charge in [-0.05, 0) is 34.9 Å². The Labute approximate surface area is 267 Å². The molecule has 6 nitrogen and oxygen atoms in total. The largest absolute Gasteiger partial charge is 0.387 e. The minimum absolute atomic E-state index is 0. The molecule has 0 aliphatic rings. The molecule has 0 heterocycles. The van der Waals surface area contributed by atoms with Crippen molar-refractivity contribution in [1.29, 1.82) is 0 Å². The van der Waals surface area contributed by atoms with Crippen molar-refractivity contribution in [2.24, 2.45) is 0 Å². The second kappa shape index (κ2) is 14.9. The van der Waals surface area contributed by atoms with Gasteiger partial charge in [0.15, 0.2) is 0 Å². The summed E-state index contributed by atoms with van der Waals surface area (Å²) in [7, 11) is -9.09. The minimum Gasteiger partial charge on any atom is -0.387 e. The van der Waals surface area contributed by atoms with Crippen LogP contribution in [0.4, 0.5) is 0 Å². The molecule has 4 rings (SSSR count). The van der Waals surface area contributed by atoms with E-state index in [2.05, 4.69) is 0 Å². The Kier molecular flexibility index (Phi) is 12.5. The summed E-state index contributed by atoms with van der Waals surface area (Å²) >= 11 is 0. The van der Waals surface area contributed by atoms with E-state index in [9.17, 15) is 16.8 Å². The van der Waals surface area contributed by atoms with Crippen LogP contribution < -0.4 is 0 Å². The van der Waals surface area contributed by atoms with Crippen LogP contribution in [0, 0.1) is 0 Å². The van der Waals surface area contributed by atoms with Crippen molar-refractivity contribution in [3.8, 4) is 11.1 Å². The fourth-order valence-electron chi connectivity index (χ4n) is 3.40. The zero-order valence-corrected chi connectivity index (χ0v) is 26.6. The van der Waals surface area contributed by atoms with Crippen molar-refractivity contribution in [2.45, 2.75) is 9.79 Å². The van der Waals surface area contributed by atoms with E-state index in [1.54, 1.807) is 78.9 Å². The van der Waals surface area contributed by atoms with E-state index in [1.807, 2.05) is 12.1 Å².